The van der Waals surface area contributed by atoms with E-state index < -0.39 is 9.84 Å². The maximum absolute atomic E-state index is 13.2. The van der Waals surface area contributed by atoms with Crippen LogP contribution in [0.5, 0.6) is 0 Å². The minimum Gasteiger partial charge on any atom is -0.376 e. The zero-order valence-electron chi connectivity index (χ0n) is 15.5. The Morgan fingerprint density at radius 1 is 1.29 bits per heavy atom. The summed E-state index contributed by atoms with van der Waals surface area (Å²) in [6.07, 6.45) is 3.33. The first-order valence-electron chi connectivity index (χ1n) is 9.49. The lowest BCUT2D eigenvalue weighted by atomic mass is 10.1. The number of hydrogen-bond acceptors (Lipinski definition) is 6. The Kier molecular flexibility index (Phi) is 5.20. The Bertz CT molecular complexity index is 1040. The summed E-state index contributed by atoms with van der Waals surface area (Å²) < 4.78 is 31.0. The molecule has 150 valence electrons. The third-order valence-electron chi connectivity index (χ3n) is 5.44. The Hall–Kier alpha value is -2.26. The number of sulfone groups is 1. The molecule has 0 radical (unpaired) electrons. The molecule has 2 aliphatic heterocycles. The monoisotopic (exact) mass is 405 g/mol. The number of rotatable bonds is 5. The summed E-state index contributed by atoms with van der Waals surface area (Å²) in [6.45, 7) is 0.867. The standard InChI is InChI=1S/C19H23N3O5S/c23-18-10-20-16-5-1-2-6-17(16)22(18)12-19(24)21(11-15-4-3-8-27-15)14-7-9-28(25,26)13-14/h1-2,5-6,10,14-15H,3-4,7-9,11-13H2/t14-,15+/m1/s1. The second-order valence-corrected chi connectivity index (χ2v) is 9.64. The van der Waals surface area contributed by atoms with E-state index in [1.54, 1.807) is 23.1 Å². The molecule has 0 saturated carbocycles. The Labute approximate surface area is 163 Å². The molecule has 2 saturated heterocycles. The molecule has 2 aliphatic rings. The molecule has 0 spiro atoms. The first-order chi connectivity index (χ1) is 13.4. The Morgan fingerprint density at radius 3 is 2.82 bits per heavy atom. The lowest BCUT2D eigenvalue weighted by Gasteiger charge is -2.31. The molecule has 2 aromatic rings. The molecule has 3 heterocycles. The van der Waals surface area contributed by atoms with E-state index >= 15 is 0 Å². The third-order valence-corrected chi connectivity index (χ3v) is 7.19. The molecule has 0 unspecified atom stereocenters. The number of hydrogen-bond donors (Lipinski definition) is 0. The minimum absolute atomic E-state index is 0.0303. The normalized spacial score (nSPS) is 23.9. The quantitative estimate of drug-likeness (QED) is 0.722. The zero-order chi connectivity index (χ0) is 19.7. The second-order valence-electron chi connectivity index (χ2n) is 7.41. The van der Waals surface area contributed by atoms with Crippen LogP contribution in [-0.2, 0) is 25.9 Å². The summed E-state index contributed by atoms with van der Waals surface area (Å²) in [5.74, 6) is -0.209. The van der Waals surface area contributed by atoms with Gasteiger partial charge in [-0.3, -0.25) is 14.2 Å². The average molecular weight is 405 g/mol. The Balaban J connectivity index is 1.62. The number of aromatic nitrogens is 2. The largest absolute Gasteiger partial charge is 0.376 e. The SMILES string of the molecule is O=C(Cn1c(=O)cnc2ccccc21)N(C[C@@H]1CCCO1)[C@@H]1CCS(=O)(=O)C1. The van der Waals surface area contributed by atoms with Crippen molar-refractivity contribution in [3.63, 3.8) is 0 Å². The van der Waals surface area contributed by atoms with Gasteiger partial charge in [0.15, 0.2) is 9.84 Å². The van der Waals surface area contributed by atoms with Gasteiger partial charge in [0, 0.05) is 19.2 Å². The van der Waals surface area contributed by atoms with Gasteiger partial charge in [0.2, 0.25) is 5.91 Å². The van der Waals surface area contributed by atoms with E-state index in [0.29, 0.717) is 30.6 Å². The molecule has 0 N–H and O–H groups in total. The number of para-hydroxylation sites is 2. The molecule has 1 aromatic heterocycles. The van der Waals surface area contributed by atoms with E-state index in [-0.39, 0.29) is 41.7 Å². The van der Waals surface area contributed by atoms with Crippen molar-refractivity contribution in [3.05, 3.63) is 40.8 Å². The van der Waals surface area contributed by atoms with E-state index in [1.807, 2.05) is 6.07 Å². The van der Waals surface area contributed by atoms with Gasteiger partial charge in [0.25, 0.3) is 5.56 Å². The van der Waals surface area contributed by atoms with Crippen molar-refractivity contribution in [2.75, 3.05) is 24.7 Å². The van der Waals surface area contributed by atoms with Crippen LogP contribution in [0.15, 0.2) is 35.3 Å². The Morgan fingerprint density at radius 2 is 2.11 bits per heavy atom. The van der Waals surface area contributed by atoms with Crippen LogP contribution in [0.1, 0.15) is 19.3 Å². The zero-order valence-corrected chi connectivity index (χ0v) is 16.3. The lowest BCUT2D eigenvalue weighted by molar-refractivity contribution is -0.135. The maximum Gasteiger partial charge on any atom is 0.269 e. The number of benzene rings is 1. The number of nitrogens with zero attached hydrogens (tertiary/aromatic N) is 3. The molecule has 8 nitrogen and oxygen atoms in total. The number of carbonyl (C=O) groups excluding carboxylic acids is 1. The van der Waals surface area contributed by atoms with Gasteiger partial charge in [0.1, 0.15) is 6.54 Å². The minimum atomic E-state index is -3.14. The van der Waals surface area contributed by atoms with Crippen molar-refractivity contribution in [3.8, 4) is 0 Å². The van der Waals surface area contributed by atoms with Crippen LogP contribution in [0.4, 0.5) is 0 Å². The fourth-order valence-corrected chi connectivity index (χ4v) is 5.72. The van der Waals surface area contributed by atoms with Gasteiger partial charge < -0.3 is 9.64 Å². The first-order valence-corrected chi connectivity index (χ1v) is 11.3. The molecule has 28 heavy (non-hydrogen) atoms. The molecule has 0 aliphatic carbocycles. The fraction of sp³-hybridized carbons (Fsp3) is 0.526. The van der Waals surface area contributed by atoms with Crippen LogP contribution >= 0.6 is 0 Å². The van der Waals surface area contributed by atoms with Gasteiger partial charge >= 0.3 is 0 Å². The predicted molar refractivity (Wildman–Crippen MR) is 104 cm³/mol. The second kappa shape index (κ2) is 7.63. The van der Waals surface area contributed by atoms with Gasteiger partial charge in [-0.2, -0.15) is 0 Å². The van der Waals surface area contributed by atoms with Crippen molar-refractivity contribution < 1.29 is 17.9 Å². The van der Waals surface area contributed by atoms with Crippen LogP contribution < -0.4 is 5.56 Å². The fourth-order valence-electron chi connectivity index (χ4n) is 3.99. The van der Waals surface area contributed by atoms with Gasteiger partial charge in [-0.25, -0.2) is 13.4 Å². The molecular formula is C19H23N3O5S. The van der Waals surface area contributed by atoms with E-state index in [0.717, 1.165) is 12.8 Å². The van der Waals surface area contributed by atoms with Gasteiger partial charge in [-0.05, 0) is 31.4 Å². The molecule has 2 atom stereocenters. The van der Waals surface area contributed by atoms with Crippen LogP contribution in [0.3, 0.4) is 0 Å². The highest BCUT2D eigenvalue weighted by Gasteiger charge is 2.36. The smallest absolute Gasteiger partial charge is 0.269 e. The topological polar surface area (TPSA) is 98.6 Å². The molecule has 1 amide bonds. The molecule has 0 bridgehead atoms. The van der Waals surface area contributed by atoms with Crippen molar-refractivity contribution in [1.29, 1.82) is 0 Å². The summed E-state index contributed by atoms with van der Waals surface area (Å²) >= 11 is 0. The van der Waals surface area contributed by atoms with Crippen LogP contribution in [-0.4, -0.2) is 65.6 Å². The lowest BCUT2D eigenvalue weighted by Crippen LogP contribution is -2.47. The maximum atomic E-state index is 13.2. The third kappa shape index (κ3) is 3.95. The van der Waals surface area contributed by atoms with Gasteiger partial charge in [0.05, 0.1) is 34.8 Å². The van der Waals surface area contributed by atoms with E-state index in [4.69, 9.17) is 4.74 Å². The predicted octanol–water partition coefficient (Wildman–Crippen LogP) is 0.591. The summed E-state index contributed by atoms with van der Waals surface area (Å²) in [7, 11) is -3.14. The van der Waals surface area contributed by atoms with Crippen molar-refractivity contribution in [2.45, 2.75) is 38.0 Å². The van der Waals surface area contributed by atoms with Gasteiger partial charge in [-0.1, -0.05) is 12.1 Å². The van der Waals surface area contributed by atoms with Crippen LogP contribution in [0.25, 0.3) is 11.0 Å². The highest BCUT2D eigenvalue weighted by atomic mass is 32.2. The molecule has 4 rings (SSSR count). The van der Waals surface area contributed by atoms with E-state index in [9.17, 15) is 18.0 Å². The molecular weight excluding hydrogens is 382 g/mol. The highest BCUT2D eigenvalue weighted by molar-refractivity contribution is 7.91. The van der Waals surface area contributed by atoms with Crippen LogP contribution in [0.2, 0.25) is 0 Å². The molecule has 1 aromatic carbocycles. The number of ether oxygens (including phenoxy) is 1. The van der Waals surface area contributed by atoms with Crippen molar-refractivity contribution in [1.82, 2.24) is 14.5 Å². The summed E-state index contributed by atoms with van der Waals surface area (Å²) in [5.41, 5.74) is 0.853. The van der Waals surface area contributed by atoms with Crippen molar-refractivity contribution in [2.24, 2.45) is 0 Å². The van der Waals surface area contributed by atoms with Crippen molar-refractivity contribution >= 4 is 26.8 Å². The molecule has 9 heteroatoms. The summed E-state index contributed by atoms with van der Waals surface area (Å²) in [4.78, 5) is 31.3. The summed E-state index contributed by atoms with van der Waals surface area (Å²) in [5, 5.41) is 0. The number of amides is 1. The van der Waals surface area contributed by atoms with E-state index in [2.05, 4.69) is 4.98 Å². The molecule has 2 fully saturated rings. The number of carbonyl (C=O) groups is 1. The summed E-state index contributed by atoms with van der Waals surface area (Å²) in [6, 6.07) is 6.77. The first kappa shape index (κ1) is 19.1. The average Bonchev–Trinajstić information content (AvgIpc) is 3.31. The van der Waals surface area contributed by atoms with E-state index in [1.165, 1.54) is 10.8 Å². The van der Waals surface area contributed by atoms with Gasteiger partial charge in [-0.15, -0.1) is 0 Å². The van der Waals surface area contributed by atoms with Crippen LogP contribution in [0, 0.1) is 0 Å². The highest BCUT2D eigenvalue weighted by Crippen LogP contribution is 2.22. The number of fused-ring (bicyclic) bond motifs is 1.